The van der Waals surface area contributed by atoms with Gasteiger partial charge in [-0.05, 0) is 55.7 Å². The molecule has 1 fully saturated rings. The van der Waals surface area contributed by atoms with Crippen LogP contribution >= 0.6 is 15.9 Å². The van der Waals surface area contributed by atoms with Gasteiger partial charge in [-0.3, -0.25) is 0 Å². The van der Waals surface area contributed by atoms with Crippen LogP contribution in [0.4, 0.5) is 0 Å². The third-order valence-electron chi connectivity index (χ3n) is 4.44. The predicted molar refractivity (Wildman–Crippen MR) is 90.9 cm³/mol. The van der Waals surface area contributed by atoms with Crippen LogP contribution in [-0.2, 0) is 0 Å². The summed E-state index contributed by atoms with van der Waals surface area (Å²) in [5.74, 6) is 1.76. The highest BCUT2D eigenvalue weighted by atomic mass is 79.9. The third kappa shape index (κ3) is 4.89. The molecule has 0 radical (unpaired) electrons. The van der Waals surface area contributed by atoms with Crippen molar-refractivity contribution in [3.05, 3.63) is 34.3 Å². The first-order valence-corrected chi connectivity index (χ1v) is 8.85. The molecule has 0 heterocycles. The average molecular weight is 338 g/mol. The van der Waals surface area contributed by atoms with Crippen molar-refractivity contribution >= 4 is 15.9 Å². The fourth-order valence-corrected chi connectivity index (χ4v) is 3.79. The van der Waals surface area contributed by atoms with E-state index < -0.39 is 0 Å². The minimum atomic E-state index is 0.450. The Labute approximate surface area is 132 Å². The predicted octanol–water partition coefficient (Wildman–Crippen LogP) is 5.70. The molecule has 0 bridgehead atoms. The summed E-state index contributed by atoms with van der Waals surface area (Å²) >= 11 is 3.50. The van der Waals surface area contributed by atoms with Crippen LogP contribution in [0.25, 0.3) is 0 Å². The number of rotatable bonds is 5. The highest BCUT2D eigenvalue weighted by Gasteiger charge is 2.23. The lowest BCUT2D eigenvalue weighted by atomic mass is 9.81. The van der Waals surface area contributed by atoms with Crippen LogP contribution < -0.4 is 5.32 Å². The molecular formula is C18H28BrN. The van der Waals surface area contributed by atoms with Gasteiger partial charge >= 0.3 is 0 Å². The van der Waals surface area contributed by atoms with Crippen LogP contribution in [0, 0.1) is 11.8 Å². The quantitative estimate of drug-likeness (QED) is 0.726. The lowest BCUT2D eigenvalue weighted by Gasteiger charge is -2.33. The zero-order chi connectivity index (χ0) is 14.5. The van der Waals surface area contributed by atoms with Crippen LogP contribution in [0.5, 0.6) is 0 Å². The lowest BCUT2D eigenvalue weighted by Crippen LogP contribution is -2.36. The first-order chi connectivity index (χ1) is 9.54. The second-order valence-electron chi connectivity index (χ2n) is 6.80. The van der Waals surface area contributed by atoms with Crippen molar-refractivity contribution in [3.8, 4) is 0 Å². The van der Waals surface area contributed by atoms with Gasteiger partial charge in [0.1, 0.15) is 0 Å². The van der Waals surface area contributed by atoms with E-state index in [1.807, 2.05) is 0 Å². The van der Waals surface area contributed by atoms with E-state index in [9.17, 15) is 0 Å². The van der Waals surface area contributed by atoms with Gasteiger partial charge in [-0.15, -0.1) is 0 Å². The van der Waals surface area contributed by atoms with Crippen molar-refractivity contribution in [2.75, 3.05) is 0 Å². The zero-order valence-corrected chi connectivity index (χ0v) is 14.6. The number of benzene rings is 1. The summed E-state index contributed by atoms with van der Waals surface area (Å²) in [5.41, 5.74) is 1.39. The maximum atomic E-state index is 3.84. The summed E-state index contributed by atoms with van der Waals surface area (Å²) in [6.45, 7) is 6.98. The first-order valence-electron chi connectivity index (χ1n) is 8.06. The van der Waals surface area contributed by atoms with Crippen molar-refractivity contribution in [3.63, 3.8) is 0 Å². The summed E-state index contributed by atoms with van der Waals surface area (Å²) in [6, 6.07) is 9.86. The van der Waals surface area contributed by atoms with Gasteiger partial charge in [-0.2, -0.15) is 0 Å². The number of hydrogen-bond donors (Lipinski definition) is 1. The van der Waals surface area contributed by atoms with E-state index >= 15 is 0 Å². The fraction of sp³-hybridized carbons (Fsp3) is 0.667. The van der Waals surface area contributed by atoms with Gasteiger partial charge in [0, 0.05) is 16.6 Å². The van der Waals surface area contributed by atoms with Crippen molar-refractivity contribution < 1.29 is 0 Å². The highest BCUT2D eigenvalue weighted by molar-refractivity contribution is 9.10. The molecule has 0 aromatic heterocycles. The molecular weight excluding hydrogens is 310 g/mol. The number of hydrogen-bond acceptors (Lipinski definition) is 1. The molecule has 0 saturated heterocycles. The van der Waals surface area contributed by atoms with Gasteiger partial charge < -0.3 is 5.32 Å². The molecule has 1 aliphatic carbocycles. The molecule has 3 unspecified atom stereocenters. The summed E-state index contributed by atoms with van der Waals surface area (Å²) in [7, 11) is 0. The molecule has 2 heteroatoms. The van der Waals surface area contributed by atoms with E-state index in [0.717, 1.165) is 16.3 Å². The molecule has 20 heavy (non-hydrogen) atoms. The zero-order valence-electron chi connectivity index (χ0n) is 13.0. The Balaban J connectivity index is 1.87. The Kier molecular flexibility index (Phi) is 6.10. The first kappa shape index (κ1) is 16.0. The molecule has 0 aliphatic heterocycles. The van der Waals surface area contributed by atoms with E-state index in [1.54, 1.807) is 0 Å². The molecule has 2 rings (SSSR count). The molecule has 1 N–H and O–H groups in total. The second kappa shape index (κ2) is 7.61. The van der Waals surface area contributed by atoms with Gasteiger partial charge in [-0.1, -0.05) is 54.8 Å². The minimum absolute atomic E-state index is 0.450. The Morgan fingerprint density at radius 2 is 1.85 bits per heavy atom. The average Bonchev–Trinajstić information content (AvgIpc) is 2.39. The van der Waals surface area contributed by atoms with Gasteiger partial charge in [0.15, 0.2) is 0 Å². The summed E-state index contributed by atoms with van der Waals surface area (Å²) in [5, 5.41) is 3.84. The van der Waals surface area contributed by atoms with E-state index in [0.29, 0.717) is 12.1 Å². The van der Waals surface area contributed by atoms with E-state index in [-0.39, 0.29) is 0 Å². The monoisotopic (exact) mass is 337 g/mol. The molecule has 0 spiro atoms. The smallest absolute Gasteiger partial charge is 0.0294 e. The fourth-order valence-electron chi connectivity index (χ4n) is 3.52. The van der Waals surface area contributed by atoms with E-state index in [4.69, 9.17) is 0 Å². The maximum absolute atomic E-state index is 3.84. The van der Waals surface area contributed by atoms with E-state index in [1.165, 1.54) is 37.7 Å². The van der Waals surface area contributed by atoms with E-state index in [2.05, 4.69) is 66.3 Å². The third-order valence-corrected chi connectivity index (χ3v) is 4.97. The largest absolute Gasteiger partial charge is 0.307 e. The molecule has 3 atom stereocenters. The normalized spacial score (nSPS) is 24.9. The number of halogens is 1. The van der Waals surface area contributed by atoms with Crippen molar-refractivity contribution in [1.29, 1.82) is 0 Å². The topological polar surface area (TPSA) is 12.0 Å². The molecule has 1 nitrogen and oxygen atoms in total. The van der Waals surface area contributed by atoms with Crippen molar-refractivity contribution in [2.45, 2.75) is 65.0 Å². The Morgan fingerprint density at radius 1 is 1.15 bits per heavy atom. The lowest BCUT2D eigenvalue weighted by molar-refractivity contribution is 0.242. The highest BCUT2D eigenvalue weighted by Crippen LogP contribution is 2.30. The standard InChI is InChI=1S/C18H28BrN/c1-13(2)11-15-5-4-6-18(12-15)20-14(3)16-7-9-17(19)10-8-16/h7-10,13-15,18,20H,4-6,11-12H2,1-3H3. The van der Waals surface area contributed by atoms with Crippen LogP contribution in [0.3, 0.4) is 0 Å². The molecule has 1 saturated carbocycles. The summed E-state index contributed by atoms with van der Waals surface area (Å²) in [6.07, 6.45) is 6.92. The summed E-state index contributed by atoms with van der Waals surface area (Å²) < 4.78 is 1.16. The van der Waals surface area contributed by atoms with Crippen LogP contribution in [0.1, 0.15) is 64.5 Å². The second-order valence-corrected chi connectivity index (χ2v) is 7.71. The molecule has 0 amide bonds. The Hall–Kier alpha value is -0.340. The van der Waals surface area contributed by atoms with Gasteiger partial charge in [0.05, 0.1) is 0 Å². The summed E-state index contributed by atoms with van der Waals surface area (Å²) in [4.78, 5) is 0. The minimum Gasteiger partial charge on any atom is -0.307 e. The number of nitrogens with one attached hydrogen (secondary N) is 1. The van der Waals surface area contributed by atoms with Crippen molar-refractivity contribution in [2.24, 2.45) is 11.8 Å². The molecule has 112 valence electrons. The van der Waals surface area contributed by atoms with Crippen molar-refractivity contribution in [1.82, 2.24) is 5.32 Å². The van der Waals surface area contributed by atoms with Gasteiger partial charge in [0.2, 0.25) is 0 Å². The van der Waals surface area contributed by atoms with Crippen LogP contribution in [0.2, 0.25) is 0 Å². The SMILES string of the molecule is CC(C)CC1CCCC(NC(C)c2ccc(Br)cc2)C1. The van der Waals surface area contributed by atoms with Crippen LogP contribution in [0.15, 0.2) is 28.7 Å². The molecule has 1 aromatic carbocycles. The van der Waals surface area contributed by atoms with Gasteiger partial charge in [-0.25, -0.2) is 0 Å². The van der Waals surface area contributed by atoms with Crippen LogP contribution in [-0.4, -0.2) is 6.04 Å². The van der Waals surface area contributed by atoms with Gasteiger partial charge in [0.25, 0.3) is 0 Å². The maximum Gasteiger partial charge on any atom is 0.0294 e. The molecule has 1 aliphatic rings. The molecule has 1 aromatic rings. The Bertz CT molecular complexity index is 398. The Morgan fingerprint density at radius 3 is 2.50 bits per heavy atom.